The highest BCUT2D eigenvalue weighted by molar-refractivity contribution is 8.26. The summed E-state index contributed by atoms with van der Waals surface area (Å²) in [5.74, 6) is 0.0695. The van der Waals surface area contributed by atoms with E-state index >= 15 is 0 Å². The van der Waals surface area contributed by atoms with E-state index in [1.165, 1.54) is 42.0 Å². The molecule has 0 atom stereocenters. The quantitative estimate of drug-likeness (QED) is 0.318. The molecule has 0 bridgehead atoms. The molecule has 0 radical (unpaired) electrons. The van der Waals surface area contributed by atoms with Crippen molar-refractivity contribution in [2.45, 2.75) is 0 Å². The zero-order chi connectivity index (χ0) is 20.3. The summed E-state index contributed by atoms with van der Waals surface area (Å²) in [6, 6.07) is 10.7. The van der Waals surface area contributed by atoms with Crippen LogP contribution in [-0.2, 0) is 4.79 Å². The number of hydrogen-bond acceptors (Lipinski definition) is 8. The minimum atomic E-state index is -0.477. The molecule has 2 aromatic rings. The Hall–Kier alpha value is -3.11. The standard InChI is InChI=1S/C18H15N3O5S2/c1-26-15-8-11(2-7-14(15)22)9-16-17(23)20(18(27)28-16)10-19-12-3-5-13(6-4-12)21(24)25/h2-9,19,22H,10H2,1H3. The monoisotopic (exact) mass is 417 g/mol. The van der Waals surface area contributed by atoms with Gasteiger partial charge in [-0.3, -0.25) is 19.8 Å². The lowest BCUT2D eigenvalue weighted by molar-refractivity contribution is -0.384. The van der Waals surface area contributed by atoms with Crippen LogP contribution >= 0.6 is 24.0 Å². The zero-order valence-electron chi connectivity index (χ0n) is 14.6. The number of non-ortho nitro benzene ring substituents is 1. The van der Waals surface area contributed by atoms with E-state index in [-0.39, 0.29) is 24.0 Å². The van der Waals surface area contributed by atoms with Gasteiger partial charge < -0.3 is 15.2 Å². The van der Waals surface area contributed by atoms with E-state index < -0.39 is 4.92 Å². The van der Waals surface area contributed by atoms with Crippen LogP contribution in [-0.4, -0.2) is 38.9 Å². The van der Waals surface area contributed by atoms with E-state index in [0.717, 1.165) is 0 Å². The minimum absolute atomic E-state index is 0.0107. The number of hydrogen-bond donors (Lipinski definition) is 2. The van der Waals surface area contributed by atoms with Crippen LogP contribution in [0.2, 0.25) is 0 Å². The Balaban J connectivity index is 1.70. The fourth-order valence-corrected chi connectivity index (χ4v) is 3.70. The van der Waals surface area contributed by atoms with Crippen LogP contribution in [0.3, 0.4) is 0 Å². The van der Waals surface area contributed by atoms with Crippen molar-refractivity contribution >= 4 is 51.7 Å². The molecule has 0 saturated carbocycles. The number of rotatable bonds is 6. The summed E-state index contributed by atoms with van der Waals surface area (Å²) in [6.07, 6.45) is 1.67. The van der Waals surface area contributed by atoms with Gasteiger partial charge in [-0.15, -0.1) is 0 Å². The van der Waals surface area contributed by atoms with Crippen molar-refractivity contribution in [3.05, 3.63) is 63.0 Å². The number of carbonyl (C=O) groups excluding carboxylic acids is 1. The molecule has 0 aromatic heterocycles. The molecule has 2 aromatic carbocycles. The molecule has 1 fully saturated rings. The number of carbonyl (C=O) groups is 1. The first-order chi connectivity index (χ1) is 13.4. The number of nitrogens with zero attached hydrogens (tertiary/aromatic N) is 2. The average Bonchev–Trinajstić information content (AvgIpc) is 2.94. The van der Waals surface area contributed by atoms with Gasteiger partial charge in [-0.1, -0.05) is 30.0 Å². The number of methoxy groups -OCH3 is 1. The maximum atomic E-state index is 12.6. The molecule has 1 aliphatic heterocycles. The molecule has 28 heavy (non-hydrogen) atoms. The summed E-state index contributed by atoms with van der Waals surface area (Å²) in [4.78, 5) is 24.7. The van der Waals surface area contributed by atoms with Crippen LogP contribution in [0.25, 0.3) is 6.08 Å². The summed E-state index contributed by atoms with van der Waals surface area (Å²) in [5.41, 5.74) is 1.31. The molecule has 0 spiro atoms. The normalized spacial score (nSPS) is 15.2. The second kappa shape index (κ2) is 8.28. The topological polar surface area (TPSA) is 105 Å². The molecule has 1 amide bonds. The lowest BCUT2D eigenvalue weighted by Crippen LogP contribution is -2.33. The molecule has 3 rings (SSSR count). The van der Waals surface area contributed by atoms with Crippen LogP contribution < -0.4 is 10.1 Å². The molecule has 1 saturated heterocycles. The molecule has 1 aliphatic rings. The molecular formula is C18H15N3O5S2. The lowest BCUT2D eigenvalue weighted by atomic mass is 10.2. The Labute approximate surface area is 169 Å². The van der Waals surface area contributed by atoms with E-state index in [1.807, 2.05) is 0 Å². The summed E-state index contributed by atoms with van der Waals surface area (Å²) in [6.45, 7) is 0.138. The number of anilines is 1. The van der Waals surface area contributed by atoms with Crippen molar-refractivity contribution < 1.29 is 19.6 Å². The summed E-state index contributed by atoms with van der Waals surface area (Å²) in [5, 5.41) is 23.4. The van der Waals surface area contributed by atoms with Crippen molar-refractivity contribution in [2.75, 3.05) is 19.1 Å². The number of nitro groups is 1. The van der Waals surface area contributed by atoms with Crippen LogP contribution in [0.4, 0.5) is 11.4 Å². The first-order valence-electron chi connectivity index (χ1n) is 7.99. The van der Waals surface area contributed by atoms with Crippen molar-refractivity contribution in [1.82, 2.24) is 4.90 Å². The predicted molar refractivity (Wildman–Crippen MR) is 111 cm³/mol. The second-order valence-corrected chi connectivity index (χ2v) is 7.36. The lowest BCUT2D eigenvalue weighted by Gasteiger charge is -2.16. The molecule has 0 aliphatic carbocycles. The summed E-state index contributed by atoms with van der Waals surface area (Å²) in [7, 11) is 1.45. The number of nitrogens with one attached hydrogen (secondary N) is 1. The third kappa shape index (κ3) is 4.24. The number of thioether (sulfide) groups is 1. The van der Waals surface area contributed by atoms with Gasteiger partial charge in [-0.2, -0.15) is 0 Å². The molecule has 10 heteroatoms. The Morgan fingerprint density at radius 2 is 2.04 bits per heavy atom. The van der Waals surface area contributed by atoms with Gasteiger partial charge in [0, 0.05) is 17.8 Å². The maximum Gasteiger partial charge on any atom is 0.269 e. The van der Waals surface area contributed by atoms with Gasteiger partial charge in [0.15, 0.2) is 11.5 Å². The molecule has 144 valence electrons. The summed E-state index contributed by atoms with van der Waals surface area (Å²) >= 11 is 6.46. The van der Waals surface area contributed by atoms with Crippen molar-refractivity contribution in [2.24, 2.45) is 0 Å². The Kier molecular flexibility index (Phi) is 5.81. The van der Waals surface area contributed by atoms with Gasteiger partial charge in [0.2, 0.25) is 0 Å². The number of ether oxygens (including phenoxy) is 1. The van der Waals surface area contributed by atoms with E-state index in [9.17, 15) is 20.0 Å². The van der Waals surface area contributed by atoms with Crippen molar-refractivity contribution in [3.8, 4) is 11.5 Å². The van der Waals surface area contributed by atoms with E-state index in [4.69, 9.17) is 17.0 Å². The first-order valence-corrected chi connectivity index (χ1v) is 9.22. The first kappa shape index (κ1) is 19.6. The Morgan fingerprint density at radius 3 is 2.68 bits per heavy atom. The van der Waals surface area contributed by atoms with E-state index in [1.54, 1.807) is 30.3 Å². The fraction of sp³-hybridized carbons (Fsp3) is 0.111. The average molecular weight is 417 g/mol. The molecule has 1 heterocycles. The van der Waals surface area contributed by atoms with Crippen LogP contribution in [0.5, 0.6) is 11.5 Å². The van der Waals surface area contributed by atoms with Gasteiger partial charge in [0.25, 0.3) is 11.6 Å². The molecule has 8 nitrogen and oxygen atoms in total. The van der Waals surface area contributed by atoms with Gasteiger partial charge in [-0.25, -0.2) is 0 Å². The third-order valence-corrected chi connectivity index (χ3v) is 5.27. The number of phenols is 1. The largest absolute Gasteiger partial charge is 0.504 e. The SMILES string of the molecule is COc1cc(C=C2SC(=S)N(CNc3ccc([N+](=O)[O-])cc3)C2=O)ccc1O. The summed E-state index contributed by atoms with van der Waals surface area (Å²) < 4.78 is 5.47. The van der Waals surface area contributed by atoms with Gasteiger partial charge >= 0.3 is 0 Å². The van der Waals surface area contributed by atoms with E-state index in [2.05, 4.69) is 5.32 Å². The smallest absolute Gasteiger partial charge is 0.269 e. The number of phenolic OH excluding ortho intramolecular Hbond substituents is 1. The second-order valence-electron chi connectivity index (χ2n) is 5.68. The van der Waals surface area contributed by atoms with Crippen LogP contribution in [0, 0.1) is 10.1 Å². The number of amides is 1. The number of benzene rings is 2. The molecule has 0 unspecified atom stereocenters. The maximum absolute atomic E-state index is 12.6. The van der Waals surface area contributed by atoms with Crippen molar-refractivity contribution in [1.29, 1.82) is 0 Å². The van der Waals surface area contributed by atoms with E-state index in [0.29, 0.717) is 26.2 Å². The Bertz CT molecular complexity index is 976. The van der Waals surface area contributed by atoms with Gasteiger partial charge in [0.05, 0.1) is 23.6 Å². The Morgan fingerprint density at radius 1 is 1.32 bits per heavy atom. The highest BCUT2D eigenvalue weighted by Gasteiger charge is 2.31. The molecular weight excluding hydrogens is 402 g/mol. The number of nitro benzene ring substituents is 1. The highest BCUT2D eigenvalue weighted by Crippen LogP contribution is 2.34. The fourth-order valence-electron chi connectivity index (χ4n) is 2.44. The van der Waals surface area contributed by atoms with Crippen molar-refractivity contribution in [3.63, 3.8) is 0 Å². The number of aromatic hydroxyl groups is 1. The molecule has 2 N–H and O–H groups in total. The zero-order valence-corrected chi connectivity index (χ0v) is 16.3. The predicted octanol–water partition coefficient (Wildman–Crippen LogP) is 3.58. The third-order valence-electron chi connectivity index (χ3n) is 3.89. The highest BCUT2D eigenvalue weighted by atomic mass is 32.2. The van der Waals surface area contributed by atoms with Gasteiger partial charge in [-0.05, 0) is 35.9 Å². The number of thiocarbonyl (C=S) groups is 1. The van der Waals surface area contributed by atoms with Crippen LogP contribution in [0.1, 0.15) is 5.56 Å². The van der Waals surface area contributed by atoms with Gasteiger partial charge in [0.1, 0.15) is 4.32 Å². The minimum Gasteiger partial charge on any atom is -0.504 e. The van der Waals surface area contributed by atoms with Crippen LogP contribution in [0.15, 0.2) is 47.4 Å².